The Hall–Kier alpha value is -2.21. The van der Waals surface area contributed by atoms with E-state index in [0.717, 1.165) is 18.6 Å². The summed E-state index contributed by atoms with van der Waals surface area (Å²) < 4.78 is 24.6. The first-order valence-electron chi connectivity index (χ1n) is 7.58. The molecule has 1 aliphatic carbocycles. The molecule has 0 aliphatic heterocycles. The highest BCUT2D eigenvalue weighted by Crippen LogP contribution is 2.40. The average molecular weight is 318 g/mol. The second kappa shape index (κ2) is 6.12. The molecule has 3 rings (SSSR count). The number of rotatable bonds is 6. The number of carbonyl (C=O) groups excluding carboxylic acids is 1. The molecular formula is C17H19FN2O3. The van der Waals surface area contributed by atoms with Crippen molar-refractivity contribution in [1.29, 1.82) is 0 Å². The number of hydrogen-bond donors (Lipinski definition) is 1. The Morgan fingerprint density at radius 1 is 1.48 bits per heavy atom. The molecule has 1 N–H and O–H groups in total. The molecule has 1 fully saturated rings. The standard InChI is InChI=1S/C17H19FN2O3/c1-17(22-2,12-5-3-4-6-13(12)18)10-19-16(21)14-9-15(23-20-14)11-7-8-11/h3-6,9,11H,7-8,10H2,1-2H3,(H,19,21)/t17-/m1/s1. The second-order valence-corrected chi connectivity index (χ2v) is 5.99. The first-order valence-corrected chi connectivity index (χ1v) is 7.58. The van der Waals surface area contributed by atoms with E-state index in [1.807, 2.05) is 0 Å². The molecule has 122 valence electrons. The maximum Gasteiger partial charge on any atom is 0.273 e. The number of benzene rings is 1. The van der Waals surface area contributed by atoms with E-state index in [4.69, 9.17) is 9.26 Å². The third kappa shape index (κ3) is 3.27. The molecule has 1 amide bonds. The van der Waals surface area contributed by atoms with Crippen LogP contribution in [-0.2, 0) is 10.3 Å². The normalized spacial score (nSPS) is 16.8. The van der Waals surface area contributed by atoms with E-state index in [0.29, 0.717) is 11.5 Å². The van der Waals surface area contributed by atoms with Crippen LogP contribution < -0.4 is 5.32 Å². The summed E-state index contributed by atoms with van der Waals surface area (Å²) in [5.74, 6) is 0.411. The van der Waals surface area contributed by atoms with E-state index in [-0.39, 0.29) is 24.0 Å². The van der Waals surface area contributed by atoms with Gasteiger partial charge >= 0.3 is 0 Å². The molecule has 1 aliphatic rings. The maximum absolute atomic E-state index is 14.0. The Kier molecular flexibility index (Phi) is 4.17. The van der Waals surface area contributed by atoms with Gasteiger partial charge in [0.2, 0.25) is 0 Å². The molecule has 0 spiro atoms. The lowest BCUT2D eigenvalue weighted by molar-refractivity contribution is 0.000320. The van der Waals surface area contributed by atoms with E-state index in [1.54, 1.807) is 31.2 Å². The number of hydrogen-bond acceptors (Lipinski definition) is 4. The third-order valence-electron chi connectivity index (χ3n) is 4.22. The number of methoxy groups -OCH3 is 1. The van der Waals surface area contributed by atoms with Gasteiger partial charge < -0.3 is 14.6 Å². The summed E-state index contributed by atoms with van der Waals surface area (Å²) in [6.07, 6.45) is 2.15. The van der Waals surface area contributed by atoms with Gasteiger partial charge in [0, 0.05) is 24.7 Å². The number of halogens is 1. The van der Waals surface area contributed by atoms with Crippen molar-refractivity contribution in [3.63, 3.8) is 0 Å². The van der Waals surface area contributed by atoms with Crippen LogP contribution >= 0.6 is 0 Å². The summed E-state index contributed by atoms with van der Waals surface area (Å²) in [6, 6.07) is 8.03. The van der Waals surface area contributed by atoms with Gasteiger partial charge in [-0.15, -0.1) is 0 Å². The van der Waals surface area contributed by atoms with Crippen molar-refractivity contribution in [2.45, 2.75) is 31.3 Å². The summed E-state index contributed by atoms with van der Waals surface area (Å²) in [6.45, 7) is 1.85. The van der Waals surface area contributed by atoms with Crippen molar-refractivity contribution in [3.8, 4) is 0 Å². The van der Waals surface area contributed by atoms with Gasteiger partial charge in [-0.1, -0.05) is 23.4 Å². The third-order valence-corrected chi connectivity index (χ3v) is 4.22. The molecule has 0 unspecified atom stereocenters. The highest BCUT2D eigenvalue weighted by atomic mass is 19.1. The second-order valence-electron chi connectivity index (χ2n) is 5.99. The highest BCUT2D eigenvalue weighted by Gasteiger charge is 2.31. The molecule has 1 aromatic heterocycles. The number of nitrogens with one attached hydrogen (secondary N) is 1. The first kappa shape index (κ1) is 15.7. The lowest BCUT2D eigenvalue weighted by Gasteiger charge is -2.29. The number of nitrogens with zero attached hydrogens (tertiary/aromatic N) is 1. The molecule has 2 aromatic rings. The minimum atomic E-state index is -0.968. The van der Waals surface area contributed by atoms with Gasteiger partial charge in [0.1, 0.15) is 17.2 Å². The summed E-state index contributed by atoms with van der Waals surface area (Å²) in [5.41, 5.74) is -0.343. The van der Waals surface area contributed by atoms with E-state index in [1.165, 1.54) is 13.2 Å². The summed E-state index contributed by atoms with van der Waals surface area (Å²) in [4.78, 5) is 12.2. The number of amides is 1. The van der Waals surface area contributed by atoms with E-state index in [2.05, 4.69) is 10.5 Å². The molecule has 6 heteroatoms. The van der Waals surface area contributed by atoms with Gasteiger partial charge in [-0.3, -0.25) is 4.79 Å². The fourth-order valence-electron chi connectivity index (χ4n) is 2.46. The fourth-order valence-corrected chi connectivity index (χ4v) is 2.46. The molecular weight excluding hydrogens is 299 g/mol. The van der Waals surface area contributed by atoms with Gasteiger partial charge in [-0.05, 0) is 25.8 Å². The predicted molar refractivity (Wildman–Crippen MR) is 81.6 cm³/mol. The van der Waals surface area contributed by atoms with Gasteiger partial charge in [-0.25, -0.2) is 4.39 Å². The quantitative estimate of drug-likeness (QED) is 0.889. The van der Waals surface area contributed by atoms with Crippen LogP contribution in [0.2, 0.25) is 0 Å². The molecule has 23 heavy (non-hydrogen) atoms. The Morgan fingerprint density at radius 2 is 2.22 bits per heavy atom. The van der Waals surface area contributed by atoms with Crippen LogP contribution in [0.4, 0.5) is 4.39 Å². The van der Waals surface area contributed by atoms with Crippen LogP contribution in [0.25, 0.3) is 0 Å². The Labute approximate surface area is 133 Å². The van der Waals surface area contributed by atoms with Gasteiger partial charge in [0.15, 0.2) is 5.69 Å². The molecule has 1 heterocycles. The molecule has 5 nitrogen and oxygen atoms in total. The summed E-state index contributed by atoms with van der Waals surface area (Å²) in [7, 11) is 1.49. The highest BCUT2D eigenvalue weighted by molar-refractivity contribution is 5.92. The summed E-state index contributed by atoms with van der Waals surface area (Å²) in [5, 5.41) is 6.53. The topological polar surface area (TPSA) is 64.4 Å². The molecule has 0 bridgehead atoms. The fraction of sp³-hybridized carbons (Fsp3) is 0.412. The van der Waals surface area contributed by atoms with Crippen molar-refractivity contribution in [1.82, 2.24) is 10.5 Å². The molecule has 1 atom stereocenters. The van der Waals surface area contributed by atoms with Crippen molar-refractivity contribution < 1.29 is 18.4 Å². The Morgan fingerprint density at radius 3 is 2.87 bits per heavy atom. The number of carbonyl (C=O) groups is 1. The molecule has 1 aromatic carbocycles. The van der Waals surface area contributed by atoms with Crippen LogP contribution in [0.3, 0.4) is 0 Å². The zero-order valence-electron chi connectivity index (χ0n) is 13.1. The first-order chi connectivity index (χ1) is 11.0. The van der Waals surface area contributed by atoms with Crippen LogP contribution in [0.5, 0.6) is 0 Å². The smallest absolute Gasteiger partial charge is 0.273 e. The zero-order chi connectivity index (χ0) is 16.4. The minimum Gasteiger partial charge on any atom is -0.372 e. The van der Waals surface area contributed by atoms with Crippen molar-refractivity contribution in [3.05, 3.63) is 53.2 Å². The zero-order valence-corrected chi connectivity index (χ0v) is 13.1. The van der Waals surface area contributed by atoms with Crippen molar-refractivity contribution in [2.75, 3.05) is 13.7 Å². The largest absolute Gasteiger partial charge is 0.372 e. The molecule has 1 saturated carbocycles. The van der Waals surface area contributed by atoms with Crippen LogP contribution in [0.15, 0.2) is 34.9 Å². The SMILES string of the molecule is CO[C@](C)(CNC(=O)c1cc(C2CC2)on1)c1ccccc1F. The predicted octanol–water partition coefficient (Wildman–Crippen LogP) is 2.98. The monoisotopic (exact) mass is 318 g/mol. The lowest BCUT2D eigenvalue weighted by Crippen LogP contribution is -2.40. The van der Waals surface area contributed by atoms with Crippen molar-refractivity contribution >= 4 is 5.91 Å². The van der Waals surface area contributed by atoms with E-state index in [9.17, 15) is 9.18 Å². The van der Waals surface area contributed by atoms with Crippen molar-refractivity contribution in [2.24, 2.45) is 0 Å². The molecule has 0 saturated heterocycles. The Balaban J connectivity index is 1.69. The lowest BCUT2D eigenvalue weighted by atomic mass is 9.95. The molecule has 0 radical (unpaired) electrons. The summed E-state index contributed by atoms with van der Waals surface area (Å²) >= 11 is 0. The number of aromatic nitrogens is 1. The van der Waals surface area contributed by atoms with E-state index >= 15 is 0 Å². The Bertz CT molecular complexity index is 711. The van der Waals surface area contributed by atoms with Crippen LogP contribution in [0, 0.1) is 5.82 Å². The van der Waals surface area contributed by atoms with Gasteiger partial charge in [0.05, 0.1) is 6.54 Å². The number of ether oxygens (including phenoxy) is 1. The average Bonchev–Trinajstić information content (AvgIpc) is 3.30. The van der Waals surface area contributed by atoms with Gasteiger partial charge in [0.25, 0.3) is 5.91 Å². The van der Waals surface area contributed by atoms with E-state index < -0.39 is 5.60 Å². The minimum absolute atomic E-state index is 0.120. The van der Waals surface area contributed by atoms with Crippen LogP contribution in [-0.4, -0.2) is 24.7 Å². The van der Waals surface area contributed by atoms with Crippen LogP contribution in [0.1, 0.15) is 47.5 Å². The maximum atomic E-state index is 14.0. The van der Waals surface area contributed by atoms with Gasteiger partial charge in [-0.2, -0.15) is 0 Å².